The minimum Gasteiger partial charge on any atom is -0.444 e. The molecule has 0 unspecified atom stereocenters. The van der Waals surface area contributed by atoms with Crippen LogP contribution in [0.2, 0.25) is 0 Å². The third kappa shape index (κ3) is 6.55. The third-order valence-corrected chi connectivity index (χ3v) is 5.56. The van der Waals surface area contributed by atoms with Crippen LogP contribution in [-0.4, -0.2) is 62.8 Å². The molecule has 0 spiro atoms. The number of aromatic nitrogens is 2. The highest BCUT2D eigenvalue weighted by atomic mass is 19.4. The minimum atomic E-state index is -4.87. The smallest absolute Gasteiger partial charge is 0.435 e. The van der Waals surface area contributed by atoms with E-state index in [2.05, 4.69) is 10.5 Å². The number of nitrogens with one attached hydrogen (secondary N) is 1. The van der Waals surface area contributed by atoms with E-state index < -0.39 is 46.9 Å². The zero-order valence-corrected chi connectivity index (χ0v) is 20.6. The number of hydrogen-bond donors (Lipinski definition) is 1. The van der Waals surface area contributed by atoms with E-state index in [-0.39, 0.29) is 6.54 Å². The molecule has 0 saturated carbocycles. The second kappa shape index (κ2) is 10.6. The van der Waals surface area contributed by atoms with Crippen LogP contribution in [0.4, 0.5) is 18.0 Å². The number of ether oxygens (including phenoxy) is 1. The van der Waals surface area contributed by atoms with Crippen LogP contribution in [-0.2, 0) is 15.7 Å². The van der Waals surface area contributed by atoms with Gasteiger partial charge in [0.25, 0.3) is 5.91 Å². The highest BCUT2D eigenvalue weighted by Crippen LogP contribution is 2.31. The van der Waals surface area contributed by atoms with Crippen LogP contribution in [0.3, 0.4) is 0 Å². The zero-order valence-electron chi connectivity index (χ0n) is 20.6. The lowest BCUT2D eigenvalue weighted by molar-refractivity contribution is -0.141. The summed E-state index contributed by atoms with van der Waals surface area (Å²) < 4.78 is 47.2. The van der Waals surface area contributed by atoms with E-state index in [0.29, 0.717) is 31.6 Å². The number of benzene rings is 1. The van der Waals surface area contributed by atoms with Crippen molar-refractivity contribution in [2.24, 2.45) is 5.92 Å². The van der Waals surface area contributed by atoms with Gasteiger partial charge >= 0.3 is 12.3 Å². The van der Waals surface area contributed by atoms with E-state index in [1.54, 1.807) is 58.0 Å². The predicted octanol–water partition coefficient (Wildman–Crippen LogP) is 4.03. The van der Waals surface area contributed by atoms with Gasteiger partial charge in [-0.3, -0.25) is 20.0 Å². The molecular formula is C24H30F3N5O4. The molecule has 36 heavy (non-hydrogen) atoms. The van der Waals surface area contributed by atoms with Crippen LogP contribution in [0, 0.1) is 5.92 Å². The number of piperidine rings is 1. The predicted molar refractivity (Wildman–Crippen MR) is 124 cm³/mol. The van der Waals surface area contributed by atoms with Crippen LogP contribution < -0.4 is 5.43 Å². The molecule has 12 heteroatoms. The fourth-order valence-corrected chi connectivity index (χ4v) is 3.79. The summed E-state index contributed by atoms with van der Waals surface area (Å²) in [5, 5.41) is 4.58. The number of alkyl halides is 3. The van der Waals surface area contributed by atoms with Crippen molar-refractivity contribution in [2.75, 3.05) is 19.6 Å². The van der Waals surface area contributed by atoms with E-state index in [4.69, 9.17) is 4.74 Å². The SMILES string of the molecule is CCN(NC(=O)c1cn(-c2ccccc2)nc1C(F)(F)F)C(=O)C1CCN(C(=O)OC(C)(C)C)CC1. The molecule has 1 aliphatic rings. The Morgan fingerprint density at radius 1 is 1.11 bits per heavy atom. The molecule has 2 aromatic rings. The summed E-state index contributed by atoms with van der Waals surface area (Å²) in [6.45, 7) is 7.51. The molecule has 0 aliphatic carbocycles. The van der Waals surface area contributed by atoms with Crippen molar-refractivity contribution >= 4 is 17.9 Å². The molecule has 3 rings (SSSR count). The van der Waals surface area contributed by atoms with Gasteiger partial charge in [0.2, 0.25) is 5.91 Å². The summed E-state index contributed by atoms with van der Waals surface area (Å²) in [7, 11) is 0. The van der Waals surface area contributed by atoms with Gasteiger partial charge in [-0.1, -0.05) is 18.2 Å². The topological polar surface area (TPSA) is 96.8 Å². The summed E-state index contributed by atoms with van der Waals surface area (Å²) in [6, 6.07) is 8.08. The Kier molecular flexibility index (Phi) is 7.95. The van der Waals surface area contributed by atoms with Crippen molar-refractivity contribution in [1.82, 2.24) is 25.1 Å². The monoisotopic (exact) mass is 509 g/mol. The van der Waals surface area contributed by atoms with Crippen molar-refractivity contribution in [2.45, 2.75) is 52.3 Å². The van der Waals surface area contributed by atoms with Gasteiger partial charge in [-0.15, -0.1) is 0 Å². The first kappa shape index (κ1) is 27.0. The Labute approximate surface area is 207 Å². The van der Waals surface area contributed by atoms with E-state index in [9.17, 15) is 27.6 Å². The Morgan fingerprint density at radius 3 is 2.25 bits per heavy atom. The van der Waals surface area contributed by atoms with E-state index in [0.717, 1.165) is 15.9 Å². The van der Waals surface area contributed by atoms with Gasteiger partial charge in [-0.05, 0) is 52.7 Å². The fraction of sp³-hybridized carbons (Fsp3) is 0.500. The molecule has 196 valence electrons. The highest BCUT2D eigenvalue weighted by molar-refractivity contribution is 5.96. The van der Waals surface area contributed by atoms with E-state index >= 15 is 0 Å². The molecule has 1 aliphatic heterocycles. The van der Waals surface area contributed by atoms with Crippen LogP contribution in [0.15, 0.2) is 36.5 Å². The van der Waals surface area contributed by atoms with Gasteiger partial charge < -0.3 is 9.64 Å². The van der Waals surface area contributed by atoms with Gasteiger partial charge in [0.15, 0.2) is 5.69 Å². The maximum atomic E-state index is 13.6. The molecule has 2 heterocycles. The number of amides is 3. The van der Waals surface area contributed by atoms with Crippen LogP contribution >= 0.6 is 0 Å². The largest absolute Gasteiger partial charge is 0.444 e. The standard InChI is InChI=1S/C24H30F3N5O4/c1-5-31(21(34)16-11-13-30(14-12-16)22(35)36-23(2,3)4)29-20(33)18-15-32(17-9-7-6-8-10-17)28-19(18)24(25,26)27/h6-10,15-16H,5,11-14H2,1-4H3,(H,29,33). The van der Waals surface area contributed by atoms with Gasteiger partial charge in [0.05, 0.1) is 11.3 Å². The lowest BCUT2D eigenvalue weighted by atomic mass is 9.96. The molecule has 0 atom stereocenters. The molecule has 1 aromatic carbocycles. The average Bonchev–Trinajstić information content (AvgIpc) is 3.28. The number of para-hydroxylation sites is 1. The number of nitrogens with zero attached hydrogens (tertiary/aromatic N) is 4. The Morgan fingerprint density at radius 2 is 1.72 bits per heavy atom. The number of halogens is 3. The fourth-order valence-electron chi connectivity index (χ4n) is 3.79. The number of carbonyl (C=O) groups is 3. The number of hydrazine groups is 1. The zero-order chi connectivity index (χ0) is 26.7. The van der Waals surface area contributed by atoms with Crippen molar-refractivity contribution in [3.63, 3.8) is 0 Å². The summed E-state index contributed by atoms with van der Waals surface area (Å²) in [4.78, 5) is 39.7. The molecule has 0 bridgehead atoms. The van der Waals surface area contributed by atoms with Crippen LogP contribution in [0.25, 0.3) is 5.69 Å². The Balaban J connectivity index is 1.70. The van der Waals surface area contributed by atoms with Gasteiger partial charge in [-0.25, -0.2) is 9.48 Å². The number of carbonyl (C=O) groups excluding carboxylic acids is 3. The molecule has 0 radical (unpaired) electrons. The first-order chi connectivity index (χ1) is 16.8. The summed E-state index contributed by atoms with van der Waals surface area (Å²) in [5.74, 6) is -2.03. The van der Waals surface area contributed by atoms with Crippen molar-refractivity contribution in [3.8, 4) is 5.69 Å². The quantitative estimate of drug-likeness (QED) is 0.628. The van der Waals surface area contributed by atoms with E-state index in [1.807, 2.05) is 0 Å². The minimum absolute atomic E-state index is 0.0467. The van der Waals surface area contributed by atoms with Gasteiger partial charge in [0, 0.05) is 31.7 Å². The number of likely N-dealkylation sites (tertiary alicyclic amines) is 1. The van der Waals surface area contributed by atoms with Gasteiger partial charge in [-0.2, -0.15) is 18.3 Å². The molecule has 1 saturated heterocycles. The van der Waals surface area contributed by atoms with Crippen molar-refractivity contribution in [1.29, 1.82) is 0 Å². The molecule has 1 aromatic heterocycles. The number of rotatable bonds is 4. The van der Waals surface area contributed by atoms with Crippen LogP contribution in [0.5, 0.6) is 0 Å². The molecule has 1 fully saturated rings. The van der Waals surface area contributed by atoms with Gasteiger partial charge in [0.1, 0.15) is 5.60 Å². The van der Waals surface area contributed by atoms with Crippen molar-refractivity contribution < 1.29 is 32.3 Å². The molecule has 1 N–H and O–H groups in total. The summed E-state index contributed by atoms with van der Waals surface area (Å²) in [6.07, 6.45) is -3.67. The second-order valence-electron chi connectivity index (χ2n) is 9.43. The lowest BCUT2D eigenvalue weighted by Gasteiger charge is -2.34. The summed E-state index contributed by atoms with van der Waals surface area (Å²) in [5.41, 5.74) is -0.0302. The van der Waals surface area contributed by atoms with Crippen molar-refractivity contribution in [3.05, 3.63) is 47.8 Å². The maximum Gasteiger partial charge on any atom is 0.435 e. The number of hydrogen-bond acceptors (Lipinski definition) is 5. The van der Waals surface area contributed by atoms with Crippen LogP contribution in [0.1, 0.15) is 56.6 Å². The molecule has 9 nitrogen and oxygen atoms in total. The Bertz CT molecular complexity index is 1090. The summed E-state index contributed by atoms with van der Waals surface area (Å²) >= 11 is 0. The molecule has 3 amide bonds. The first-order valence-electron chi connectivity index (χ1n) is 11.6. The second-order valence-corrected chi connectivity index (χ2v) is 9.43. The highest BCUT2D eigenvalue weighted by Gasteiger charge is 2.40. The maximum absolute atomic E-state index is 13.6. The average molecular weight is 510 g/mol. The third-order valence-electron chi connectivity index (χ3n) is 5.56. The normalized spacial score (nSPS) is 14.9. The molecular weight excluding hydrogens is 479 g/mol. The lowest BCUT2D eigenvalue weighted by Crippen LogP contribution is -2.51. The van der Waals surface area contributed by atoms with E-state index in [1.165, 1.54) is 4.90 Å². The Hall–Kier alpha value is -3.57. The first-order valence-corrected chi connectivity index (χ1v) is 11.6.